The molecule has 6 nitrogen and oxygen atoms in total. The summed E-state index contributed by atoms with van der Waals surface area (Å²) >= 11 is 0. The number of hydrogen-bond acceptors (Lipinski definition) is 6. The molecule has 3 unspecified atom stereocenters. The minimum Gasteiger partial charge on any atom is -0.468 e. The van der Waals surface area contributed by atoms with Crippen molar-refractivity contribution in [2.24, 2.45) is 10.9 Å². The first-order chi connectivity index (χ1) is 18.0. The van der Waals surface area contributed by atoms with Crippen molar-refractivity contribution in [1.29, 1.82) is 0 Å². The van der Waals surface area contributed by atoms with Crippen LogP contribution in [-0.2, 0) is 20.7 Å². The molecule has 0 saturated carbocycles. The lowest BCUT2D eigenvalue weighted by molar-refractivity contribution is -0.143. The Balaban J connectivity index is 1.68. The average molecular weight is 536 g/mol. The first-order valence-corrected chi connectivity index (χ1v) is 11.9. The van der Waals surface area contributed by atoms with Crippen LogP contribution in [0.3, 0.4) is 0 Å². The molecule has 0 bridgehead atoms. The number of aliphatic hydroxyl groups is 1. The van der Waals surface area contributed by atoms with E-state index < -0.39 is 64.3 Å². The molecule has 0 spiro atoms. The standard InChI is InChI=1S/C27H25F5N2O4/c1-13-18(27(37)38-2)20(21-22(28)24(30)26(32)25(31)23(21)29)19-16(33-13)11-34(12-17(19)36)10-15(35)9-8-14-6-4-3-5-7-14/h3-7,15,18,20,35H,8-12H2,1-2H3. The molecule has 2 aliphatic heterocycles. The second-order valence-electron chi connectivity index (χ2n) is 9.35. The summed E-state index contributed by atoms with van der Waals surface area (Å²) in [6.45, 7) is 1.08. The number of methoxy groups -OCH3 is 1. The number of halogens is 5. The number of β-amino-alcohol motifs (C(OH)–C–C–N with tert-alkyl or cyclic N) is 1. The van der Waals surface area contributed by atoms with Crippen LogP contribution in [0.5, 0.6) is 0 Å². The van der Waals surface area contributed by atoms with E-state index in [1.165, 1.54) is 6.92 Å². The third kappa shape index (κ3) is 5.12. The second kappa shape index (κ2) is 11.1. The molecule has 1 N–H and O–H groups in total. The third-order valence-corrected chi connectivity index (χ3v) is 6.85. The highest BCUT2D eigenvalue weighted by atomic mass is 19.2. The number of ether oxygens (including phenoxy) is 1. The van der Waals surface area contributed by atoms with Gasteiger partial charge in [-0.25, -0.2) is 22.0 Å². The number of carbonyl (C=O) groups excluding carboxylic acids is 2. The predicted molar refractivity (Wildman–Crippen MR) is 127 cm³/mol. The van der Waals surface area contributed by atoms with Crippen LogP contribution < -0.4 is 0 Å². The van der Waals surface area contributed by atoms with Crippen LogP contribution >= 0.6 is 0 Å². The van der Waals surface area contributed by atoms with E-state index in [0.29, 0.717) is 12.8 Å². The Hall–Kier alpha value is -3.44. The van der Waals surface area contributed by atoms with Gasteiger partial charge in [0.2, 0.25) is 5.82 Å². The van der Waals surface area contributed by atoms with Gasteiger partial charge in [-0.2, -0.15) is 0 Å². The highest BCUT2D eigenvalue weighted by Crippen LogP contribution is 2.44. The van der Waals surface area contributed by atoms with Gasteiger partial charge in [0.25, 0.3) is 0 Å². The molecular weight excluding hydrogens is 511 g/mol. The third-order valence-electron chi connectivity index (χ3n) is 6.85. The van der Waals surface area contributed by atoms with Crippen LogP contribution in [0, 0.1) is 35.0 Å². The van der Waals surface area contributed by atoms with E-state index in [1.54, 1.807) is 4.90 Å². The zero-order valence-corrected chi connectivity index (χ0v) is 20.6. The fourth-order valence-corrected chi connectivity index (χ4v) is 5.08. The number of aryl methyl sites for hydroxylation is 1. The Morgan fingerprint density at radius 2 is 1.66 bits per heavy atom. The Kier molecular flexibility index (Phi) is 8.08. The Morgan fingerprint density at radius 3 is 2.26 bits per heavy atom. The summed E-state index contributed by atoms with van der Waals surface area (Å²) in [4.78, 5) is 31.8. The first-order valence-electron chi connectivity index (χ1n) is 11.9. The molecule has 0 aromatic heterocycles. The van der Waals surface area contributed by atoms with Gasteiger partial charge in [0.05, 0.1) is 25.5 Å². The van der Waals surface area contributed by atoms with E-state index in [2.05, 4.69) is 4.99 Å². The van der Waals surface area contributed by atoms with Crippen LogP contribution in [0.4, 0.5) is 22.0 Å². The van der Waals surface area contributed by atoms with Gasteiger partial charge in [-0.3, -0.25) is 19.5 Å². The van der Waals surface area contributed by atoms with Gasteiger partial charge >= 0.3 is 5.97 Å². The fourth-order valence-electron chi connectivity index (χ4n) is 5.08. The maximum atomic E-state index is 14.9. The maximum Gasteiger partial charge on any atom is 0.315 e. The number of rotatable bonds is 7. The highest BCUT2D eigenvalue weighted by Gasteiger charge is 2.47. The monoisotopic (exact) mass is 536 g/mol. The number of aliphatic hydroxyl groups excluding tert-OH is 1. The van der Waals surface area contributed by atoms with Gasteiger partial charge in [0.15, 0.2) is 29.1 Å². The normalized spacial score (nSPS) is 20.7. The molecular formula is C27H25F5N2O4. The lowest BCUT2D eigenvalue weighted by Crippen LogP contribution is -2.46. The minimum absolute atomic E-state index is 0.0104. The summed E-state index contributed by atoms with van der Waals surface area (Å²) in [5.41, 5.74) is -0.558. The van der Waals surface area contributed by atoms with Crippen LogP contribution in [0.2, 0.25) is 0 Å². The molecule has 2 aromatic carbocycles. The van der Waals surface area contributed by atoms with Crippen molar-refractivity contribution in [2.45, 2.75) is 31.8 Å². The van der Waals surface area contributed by atoms with Gasteiger partial charge in [0, 0.05) is 35.9 Å². The lowest BCUT2D eigenvalue weighted by Gasteiger charge is -2.38. The van der Waals surface area contributed by atoms with E-state index in [1.807, 2.05) is 30.3 Å². The summed E-state index contributed by atoms with van der Waals surface area (Å²) in [6, 6.07) is 9.48. The van der Waals surface area contributed by atoms with Gasteiger partial charge in [-0.05, 0) is 25.3 Å². The molecule has 0 fully saturated rings. The second-order valence-corrected chi connectivity index (χ2v) is 9.35. The summed E-state index contributed by atoms with van der Waals surface area (Å²) in [5, 5.41) is 10.5. The van der Waals surface area contributed by atoms with E-state index in [9.17, 15) is 36.6 Å². The fraction of sp³-hybridized carbons (Fsp3) is 0.370. The number of ketones is 1. The van der Waals surface area contributed by atoms with Crippen molar-refractivity contribution in [2.75, 3.05) is 26.7 Å². The maximum absolute atomic E-state index is 14.9. The van der Waals surface area contributed by atoms with Crippen LogP contribution in [0.1, 0.15) is 30.4 Å². The average Bonchev–Trinajstić information content (AvgIpc) is 2.89. The quantitative estimate of drug-likeness (QED) is 0.252. The van der Waals surface area contributed by atoms with Gasteiger partial charge in [-0.15, -0.1) is 0 Å². The molecule has 2 aromatic rings. The van der Waals surface area contributed by atoms with E-state index >= 15 is 0 Å². The zero-order valence-electron chi connectivity index (χ0n) is 20.6. The number of carbonyl (C=O) groups is 2. The molecule has 0 aliphatic carbocycles. The summed E-state index contributed by atoms with van der Waals surface area (Å²) in [5.74, 6) is -16.1. The molecule has 2 aliphatic rings. The van der Waals surface area contributed by atoms with Gasteiger partial charge in [-0.1, -0.05) is 30.3 Å². The number of aliphatic imine (C=N–C) groups is 1. The zero-order chi connectivity index (χ0) is 27.7. The largest absolute Gasteiger partial charge is 0.468 e. The molecule has 0 saturated heterocycles. The van der Waals surface area contributed by atoms with Gasteiger partial charge in [0.1, 0.15) is 5.92 Å². The number of hydrogen-bond donors (Lipinski definition) is 1. The Bertz CT molecular complexity index is 1300. The van der Waals surface area contributed by atoms with Gasteiger partial charge < -0.3 is 9.84 Å². The number of benzene rings is 2. The van der Waals surface area contributed by atoms with Crippen LogP contribution in [0.25, 0.3) is 0 Å². The predicted octanol–water partition coefficient (Wildman–Crippen LogP) is 3.86. The molecule has 11 heteroatoms. The van der Waals surface area contributed by atoms with Crippen molar-refractivity contribution in [1.82, 2.24) is 4.90 Å². The number of nitrogens with zero attached hydrogens (tertiary/aromatic N) is 2. The van der Waals surface area contributed by atoms with Crippen LogP contribution in [-0.4, -0.2) is 60.3 Å². The van der Waals surface area contributed by atoms with Crippen molar-refractivity contribution >= 4 is 17.5 Å². The Morgan fingerprint density at radius 1 is 1.05 bits per heavy atom. The molecule has 0 amide bonds. The number of Topliss-reactive ketones (excluding diaryl/α,β-unsaturated/α-hetero) is 1. The van der Waals surface area contributed by atoms with Crippen molar-refractivity contribution in [3.63, 3.8) is 0 Å². The summed E-state index contributed by atoms with van der Waals surface area (Å²) in [6.07, 6.45) is 0.186. The molecule has 2 heterocycles. The van der Waals surface area contributed by atoms with E-state index in [0.717, 1.165) is 12.7 Å². The van der Waals surface area contributed by atoms with Crippen molar-refractivity contribution in [3.05, 3.63) is 81.8 Å². The van der Waals surface area contributed by atoms with E-state index in [-0.39, 0.29) is 36.6 Å². The highest BCUT2D eigenvalue weighted by molar-refractivity contribution is 6.09. The number of esters is 1. The summed E-state index contributed by atoms with van der Waals surface area (Å²) < 4.78 is 76.6. The molecule has 202 valence electrons. The molecule has 4 rings (SSSR count). The molecule has 3 atom stereocenters. The first kappa shape index (κ1) is 27.6. The van der Waals surface area contributed by atoms with Crippen LogP contribution in [0.15, 0.2) is 46.6 Å². The minimum atomic E-state index is -2.35. The Labute approximate surface area is 215 Å². The lowest BCUT2D eigenvalue weighted by atomic mass is 9.73. The smallest absolute Gasteiger partial charge is 0.315 e. The molecule has 38 heavy (non-hydrogen) atoms. The summed E-state index contributed by atoms with van der Waals surface area (Å²) in [7, 11) is 0.996. The van der Waals surface area contributed by atoms with Crippen molar-refractivity contribution < 1.29 is 41.4 Å². The molecule has 0 radical (unpaired) electrons. The SMILES string of the molecule is COC(=O)C1C(C)=NC2=C(C(=O)CN(CC(O)CCc3ccccc3)C2)C1c1c(F)c(F)c(F)c(F)c1F. The van der Waals surface area contributed by atoms with E-state index in [4.69, 9.17) is 4.74 Å². The topological polar surface area (TPSA) is 79.2 Å². The van der Waals surface area contributed by atoms with Crippen molar-refractivity contribution in [3.8, 4) is 0 Å².